The van der Waals surface area contributed by atoms with Crippen LogP contribution in [-0.4, -0.2) is 26.7 Å². The molecule has 1 aromatic rings. The summed E-state index contributed by atoms with van der Waals surface area (Å²) < 4.78 is 5.19. The summed E-state index contributed by atoms with van der Waals surface area (Å²) in [5.74, 6) is 0.943. The molecule has 1 aromatic carbocycles. The Morgan fingerprint density at radius 1 is 1.50 bits per heavy atom. The third kappa shape index (κ3) is 1.55. The van der Waals surface area contributed by atoms with Crippen LogP contribution in [0, 0.1) is 0 Å². The van der Waals surface area contributed by atoms with E-state index < -0.39 is 0 Å². The fourth-order valence-electron chi connectivity index (χ4n) is 1.96. The lowest BCUT2D eigenvalue weighted by Gasteiger charge is -2.18. The minimum atomic E-state index is 0.714. The molecule has 1 aliphatic heterocycles. The molecular formula is C11H16N2O. The van der Waals surface area contributed by atoms with Crippen molar-refractivity contribution in [1.82, 2.24) is 0 Å². The molecule has 2 N–H and O–H groups in total. The zero-order chi connectivity index (χ0) is 9.97. The van der Waals surface area contributed by atoms with Gasteiger partial charge in [0.15, 0.2) is 0 Å². The van der Waals surface area contributed by atoms with Crippen LogP contribution in [0.15, 0.2) is 18.2 Å². The first kappa shape index (κ1) is 9.34. The Hall–Kier alpha value is -1.22. The van der Waals surface area contributed by atoms with Crippen LogP contribution in [0.3, 0.4) is 0 Å². The van der Waals surface area contributed by atoms with Gasteiger partial charge in [-0.2, -0.15) is 0 Å². The Balaban J connectivity index is 2.24. The zero-order valence-electron chi connectivity index (χ0n) is 8.49. The Bertz CT molecular complexity index is 325. The summed E-state index contributed by atoms with van der Waals surface area (Å²) in [6.45, 7) is 2.74. The van der Waals surface area contributed by atoms with Crippen molar-refractivity contribution in [3.05, 3.63) is 23.8 Å². The first-order chi connectivity index (χ1) is 6.85. The predicted molar refractivity (Wildman–Crippen MR) is 58.0 cm³/mol. The molecule has 3 heteroatoms. The largest absolute Gasteiger partial charge is 0.497 e. The van der Waals surface area contributed by atoms with Gasteiger partial charge >= 0.3 is 0 Å². The summed E-state index contributed by atoms with van der Waals surface area (Å²) in [5.41, 5.74) is 8.24. The number of nitrogens with zero attached hydrogens (tertiary/aromatic N) is 1. The van der Waals surface area contributed by atoms with Gasteiger partial charge < -0.3 is 15.4 Å². The average Bonchev–Trinajstić information content (AvgIpc) is 2.61. The highest BCUT2D eigenvalue weighted by molar-refractivity contribution is 5.60. The van der Waals surface area contributed by atoms with Gasteiger partial charge in [-0.1, -0.05) is 0 Å². The zero-order valence-corrected chi connectivity index (χ0v) is 8.49. The van der Waals surface area contributed by atoms with E-state index >= 15 is 0 Å². The average molecular weight is 192 g/mol. The summed E-state index contributed by atoms with van der Waals surface area (Å²) in [5, 5.41) is 0. The minimum absolute atomic E-state index is 0.714. The topological polar surface area (TPSA) is 38.5 Å². The number of hydrogen-bond donors (Lipinski definition) is 1. The van der Waals surface area contributed by atoms with Crippen molar-refractivity contribution in [3.8, 4) is 5.75 Å². The van der Waals surface area contributed by atoms with E-state index in [-0.39, 0.29) is 0 Å². The lowest BCUT2D eigenvalue weighted by atomic mass is 10.1. The number of fused-ring (bicyclic) bond motifs is 1. The van der Waals surface area contributed by atoms with Crippen molar-refractivity contribution in [2.45, 2.75) is 6.42 Å². The molecule has 0 spiro atoms. The molecular weight excluding hydrogens is 176 g/mol. The molecule has 0 bridgehead atoms. The van der Waals surface area contributed by atoms with Gasteiger partial charge in [-0.15, -0.1) is 0 Å². The molecule has 0 amide bonds. The second-order valence-corrected chi connectivity index (χ2v) is 3.52. The molecule has 0 aliphatic carbocycles. The van der Waals surface area contributed by atoms with Gasteiger partial charge in [0, 0.05) is 25.3 Å². The molecule has 0 fully saturated rings. The van der Waals surface area contributed by atoms with E-state index in [1.165, 1.54) is 11.3 Å². The standard InChI is InChI=1S/C11H16N2O/c1-14-10-2-3-11-9(8-10)4-6-13(11)7-5-12/h2-3,8H,4-7,12H2,1H3. The maximum absolute atomic E-state index is 5.56. The Morgan fingerprint density at radius 3 is 3.07 bits per heavy atom. The number of ether oxygens (including phenoxy) is 1. The first-order valence-corrected chi connectivity index (χ1v) is 4.97. The Morgan fingerprint density at radius 2 is 2.36 bits per heavy atom. The molecule has 0 saturated heterocycles. The maximum Gasteiger partial charge on any atom is 0.119 e. The normalized spacial score (nSPS) is 14.3. The number of benzene rings is 1. The van der Waals surface area contributed by atoms with Crippen LogP contribution in [-0.2, 0) is 6.42 Å². The third-order valence-corrected chi connectivity index (χ3v) is 2.68. The molecule has 14 heavy (non-hydrogen) atoms. The SMILES string of the molecule is COc1ccc2c(c1)CCN2CCN. The van der Waals surface area contributed by atoms with E-state index in [1.54, 1.807) is 7.11 Å². The number of rotatable bonds is 3. The summed E-state index contributed by atoms with van der Waals surface area (Å²) in [7, 11) is 1.70. The minimum Gasteiger partial charge on any atom is -0.497 e. The van der Waals surface area contributed by atoms with E-state index in [1.807, 2.05) is 6.07 Å². The van der Waals surface area contributed by atoms with E-state index in [2.05, 4.69) is 17.0 Å². The quantitative estimate of drug-likeness (QED) is 0.777. The third-order valence-electron chi connectivity index (χ3n) is 2.68. The van der Waals surface area contributed by atoms with Gasteiger partial charge in [0.2, 0.25) is 0 Å². The molecule has 0 atom stereocenters. The van der Waals surface area contributed by atoms with Crippen molar-refractivity contribution < 1.29 is 4.74 Å². The van der Waals surface area contributed by atoms with Crippen LogP contribution in [0.1, 0.15) is 5.56 Å². The summed E-state index contributed by atoms with van der Waals surface area (Å²) in [4.78, 5) is 2.33. The van der Waals surface area contributed by atoms with Crippen molar-refractivity contribution >= 4 is 5.69 Å². The van der Waals surface area contributed by atoms with Gasteiger partial charge in [0.1, 0.15) is 5.75 Å². The molecule has 0 saturated carbocycles. The van der Waals surface area contributed by atoms with E-state index in [0.29, 0.717) is 6.54 Å². The molecule has 1 aliphatic rings. The number of methoxy groups -OCH3 is 1. The highest BCUT2D eigenvalue weighted by atomic mass is 16.5. The van der Waals surface area contributed by atoms with Crippen LogP contribution >= 0.6 is 0 Å². The van der Waals surface area contributed by atoms with Gasteiger partial charge in [-0.3, -0.25) is 0 Å². The lowest BCUT2D eigenvalue weighted by Crippen LogP contribution is -2.27. The van der Waals surface area contributed by atoms with Crippen LogP contribution in [0.5, 0.6) is 5.75 Å². The Labute approximate surface area is 84.5 Å². The number of anilines is 1. The summed E-state index contributed by atoms with van der Waals surface area (Å²) in [6.07, 6.45) is 1.10. The predicted octanol–water partition coefficient (Wildman–Crippen LogP) is 1.02. The molecule has 76 valence electrons. The monoisotopic (exact) mass is 192 g/mol. The fraction of sp³-hybridized carbons (Fsp3) is 0.455. The van der Waals surface area contributed by atoms with Gasteiger partial charge in [0.05, 0.1) is 7.11 Å². The second-order valence-electron chi connectivity index (χ2n) is 3.52. The van der Waals surface area contributed by atoms with Crippen LogP contribution in [0.4, 0.5) is 5.69 Å². The lowest BCUT2D eigenvalue weighted by molar-refractivity contribution is 0.414. The number of nitrogens with two attached hydrogens (primary N) is 1. The first-order valence-electron chi connectivity index (χ1n) is 4.97. The smallest absolute Gasteiger partial charge is 0.119 e. The van der Waals surface area contributed by atoms with Gasteiger partial charge in [-0.05, 0) is 30.2 Å². The summed E-state index contributed by atoms with van der Waals surface area (Å²) >= 11 is 0. The molecule has 2 rings (SSSR count). The van der Waals surface area contributed by atoms with Crippen molar-refractivity contribution in [3.63, 3.8) is 0 Å². The fourth-order valence-corrected chi connectivity index (χ4v) is 1.96. The van der Waals surface area contributed by atoms with Crippen LogP contribution in [0.25, 0.3) is 0 Å². The van der Waals surface area contributed by atoms with E-state index in [0.717, 1.165) is 25.3 Å². The van der Waals surface area contributed by atoms with Crippen LogP contribution in [0.2, 0.25) is 0 Å². The highest BCUT2D eigenvalue weighted by Gasteiger charge is 2.18. The van der Waals surface area contributed by atoms with Gasteiger partial charge in [0.25, 0.3) is 0 Å². The molecule has 0 radical (unpaired) electrons. The van der Waals surface area contributed by atoms with Crippen molar-refractivity contribution in [2.75, 3.05) is 31.6 Å². The highest BCUT2D eigenvalue weighted by Crippen LogP contribution is 2.30. The van der Waals surface area contributed by atoms with Crippen LogP contribution < -0.4 is 15.4 Å². The van der Waals surface area contributed by atoms with E-state index in [9.17, 15) is 0 Å². The van der Waals surface area contributed by atoms with Crippen molar-refractivity contribution in [1.29, 1.82) is 0 Å². The van der Waals surface area contributed by atoms with Crippen molar-refractivity contribution in [2.24, 2.45) is 5.73 Å². The maximum atomic E-state index is 5.56. The molecule has 0 aromatic heterocycles. The van der Waals surface area contributed by atoms with E-state index in [4.69, 9.17) is 10.5 Å². The Kier molecular flexibility index (Phi) is 2.59. The van der Waals surface area contributed by atoms with Gasteiger partial charge in [-0.25, -0.2) is 0 Å². The number of hydrogen-bond acceptors (Lipinski definition) is 3. The molecule has 0 unspecified atom stereocenters. The summed E-state index contributed by atoms with van der Waals surface area (Å²) in [6, 6.07) is 6.25. The second kappa shape index (κ2) is 3.88. The molecule has 3 nitrogen and oxygen atoms in total. The molecule has 1 heterocycles.